The number of nitrogens with zero attached hydrogens (tertiary/aromatic N) is 1. The lowest BCUT2D eigenvalue weighted by atomic mass is 10.1. The van der Waals surface area contributed by atoms with Crippen molar-refractivity contribution in [3.8, 4) is 0 Å². The molecule has 1 aliphatic heterocycles. The van der Waals surface area contributed by atoms with Gasteiger partial charge >= 0.3 is 12.4 Å². The van der Waals surface area contributed by atoms with Crippen molar-refractivity contribution in [3.63, 3.8) is 0 Å². The van der Waals surface area contributed by atoms with E-state index in [1.54, 1.807) is 0 Å². The van der Waals surface area contributed by atoms with Crippen molar-refractivity contribution in [2.45, 2.75) is 24.5 Å². The molecule has 1 aromatic rings. The van der Waals surface area contributed by atoms with Crippen molar-refractivity contribution in [1.82, 2.24) is 9.55 Å². The van der Waals surface area contributed by atoms with Crippen LogP contribution in [0.1, 0.15) is 6.23 Å². The molecular weight excluding hydrogens is 339 g/mol. The highest BCUT2D eigenvalue weighted by molar-refractivity contribution is 8.06. The second-order valence-corrected chi connectivity index (χ2v) is 7.14. The average Bonchev–Trinajstić information content (AvgIpc) is 2.74. The van der Waals surface area contributed by atoms with E-state index in [0.717, 1.165) is 10.6 Å². The van der Waals surface area contributed by atoms with E-state index in [4.69, 9.17) is 14.0 Å². The van der Waals surface area contributed by atoms with E-state index in [1.165, 1.54) is 13.3 Å². The number of ether oxygens (including phenoxy) is 2. The van der Waals surface area contributed by atoms with Crippen molar-refractivity contribution in [2.75, 3.05) is 13.7 Å². The van der Waals surface area contributed by atoms with Crippen LogP contribution in [0, 0.1) is 0 Å². The fraction of sp³-hybridized carbons (Fsp3) is 0.600. The fourth-order valence-corrected chi connectivity index (χ4v) is 3.11. The van der Waals surface area contributed by atoms with Gasteiger partial charge in [-0.15, -0.1) is 0 Å². The van der Waals surface area contributed by atoms with Gasteiger partial charge in [-0.05, 0) is 11.8 Å². The van der Waals surface area contributed by atoms with Crippen LogP contribution < -0.4 is 11.2 Å². The SMILES string of the molecule is CO[C@@H]1[C@H](OP(O)(O)=S)[C@@H](CO)O[C@H]1n1ccc(=O)[nH]c1=O. The number of hydrogen-bond donors (Lipinski definition) is 4. The summed E-state index contributed by atoms with van der Waals surface area (Å²) in [5.74, 6) is 0. The summed E-state index contributed by atoms with van der Waals surface area (Å²) in [6, 6.07) is 1.11. The maximum Gasteiger partial charge on any atom is 0.330 e. The molecule has 12 heteroatoms. The van der Waals surface area contributed by atoms with E-state index in [-0.39, 0.29) is 0 Å². The van der Waals surface area contributed by atoms with E-state index in [1.807, 2.05) is 0 Å². The number of aromatic nitrogens is 2. The quantitative estimate of drug-likeness (QED) is 0.443. The third-order valence-corrected chi connectivity index (χ3v) is 3.90. The van der Waals surface area contributed by atoms with Crippen LogP contribution in [-0.4, -0.2) is 56.5 Å². The zero-order valence-corrected chi connectivity index (χ0v) is 13.1. The maximum atomic E-state index is 11.8. The minimum absolute atomic E-state index is 0.519. The molecule has 2 heterocycles. The monoisotopic (exact) mass is 354 g/mol. The lowest BCUT2D eigenvalue weighted by Gasteiger charge is -2.24. The third kappa shape index (κ3) is 3.70. The average molecular weight is 354 g/mol. The van der Waals surface area contributed by atoms with Crippen molar-refractivity contribution in [2.24, 2.45) is 0 Å². The summed E-state index contributed by atoms with van der Waals surface area (Å²) in [6.45, 7) is -4.56. The van der Waals surface area contributed by atoms with Crippen molar-refractivity contribution in [1.29, 1.82) is 0 Å². The summed E-state index contributed by atoms with van der Waals surface area (Å²) in [5, 5.41) is 9.33. The Morgan fingerprint density at radius 1 is 1.45 bits per heavy atom. The smallest absolute Gasteiger partial charge is 0.330 e. The van der Waals surface area contributed by atoms with Gasteiger partial charge in [0.25, 0.3) is 5.56 Å². The summed E-state index contributed by atoms with van der Waals surface area (Å²) in [5.41, 5.74) is -1.33. The third-order valence-electron chi connectivity index (χ3n) is 3.12. The number of aliphatic hydroxyl groups is 1. The van der Waals surface area contributed by atoms with Crippen LogP contribution in [0.15, 0.2) is 21.9 Å². The molecule has 1 saturated heterocycles. The topological polar surface area (TPSA) is 143 Å². The Balaban J connectivity index is 2.38. The highest BCUT2D eigenvalue weighted by Crippen LogP contribution is 2.44. The van der Waals surface area contributed by atoms with Gasteiger partial charge in [-0.2, -0.15) is 0 Å². The highest BCUT2D eigenvalue weighted by atomic mass is 32.5. The molecule has 0 aromatic carbocycles. The second kappa shape index (κ2) is 6.69. The summed E-state index contributed by atoms with van der Waals surface area (Å²) >= 11 is 4.41. The second-order valence-electron chi connectivity index (χ2n) is 4.53. The molecule has 0 spiro atoms. The van der Waals surface area contributed by atoms with Gasteiger partial charge in [-0.3, -0.25) is 18.9 Å². The first kappa shape index (κ1) is 17.4. The van der Waals surface area contributed by atoms with Gasteiger partial charge in [-0.25, -0.2) is 4.79 Å². The first-order valence-corrected chi connectivity index (χ1v) is 8.74. The Morgan fingerprint density at radius 3 is 2.64 bits per heavy atom. The van der Waals surface area contributed by atoms with Crippen LogP contribution in [0.3, 0.4) is 0 Å². The first-order valence-electron chi connectivity index (χ1n) is 6.11. The number of rotatable bonds is 5. The van der Waals surface area contributed by atoms with Gasteiger partial charge in [0.2, 0.25) is 0 Å². The van der Waals surface area contributed by atoms with Crippen molar-refractivity contribution < 1.29 is 28.9 Å². The maximum absolute atomic E-state index is 11.8. The number of hydrogen-bond acceptors (Lipinski definition) is 7. The zero-order valence-electron chi connectivity index (χ0n) is 11.4. The molecule has 0 saturated carbocycles. The largest absolute Gasteiger partial charge is 0.394 e. The highest BCUT2D eigenvalue weighted by Gasteiger charge is 2.48. The molecule has 0 radical (unpaired) electrons. The van der Waals surface area contributed by atoms with Gasteiger partial charge in [0.1, 0.15) is 18.3 Å². The summed E-state index contributed by atoms with van der Waals surface area (Å²) in [6.07, 6.45) is -2.89. The molecular formula is C10H15N2O8PS. The van der Waals surface area contributed by atoms with Crippen LogP contribution in [0.2, 0.25) is 0 Å². The van der Waals surface area contributed by atoms with Crippen molar-refractivity contribution in [3.05, 3.63) is 33.1 Å². The molecule has 0 unspecified atom stereocenters. The van der Waals surface area contributed by atoms with Crippen LogP contribution in [0.25, 0.3) is 0 Å². The van der Waals surface area contributed by atoms with Gasteiger partial charge in [0.15, 0.2) is 6.23 Å². The Hall–Kier alpha value is -0.910. The molecule has 1 fully saturated rings. The standard InChI is InChI=1S/C10H15N2O8PS/c1-18-8-7(20-21(16,17)22)5(4-13)19-9(8)12-3-2-6(14)11-10(12)15/h2-3,5,7-9,13H,4H2,1H3,(H,11,14,15)(H2,16,17,22)/t5-,7-,8-,9-/m1/s1. The Morgan fingerprint density at radius 2 is 2.14 bits per heavy atom. The van der Waals surface area contributed by atoms with Crippen LogP contribution in [0.4, 0.5) is 0 Å². The number of H-pyrrole nitrogens is 1. The molecule has 4 N–H and O–H groups in total. The van der Waals surface area contributed by atoms with Crippen LogP contribution in [0.5, 0.6) is 0 Å². The molecule has 4 atom stereocenters. The first-order chi connectivity index (χ1) is 10.3. The normalized spacial score (nSPS) is 28.9. The van der Waals surface area contributed by atoms with Gasteiger partial charge in [0, 0.05) is 19.4 Å². The molecule has 0 aliphatic carbocycles. The number of aliphatic hydroxyl groups excluding tert-OH is 1. The van der Waals surface area contributed by atoms with Crippen molar-refractivity contribution >= 4 is 18.5 Å². The van der Waals surface area contributed by atoms with E-state index in [2.05, 4.69) is 16.8 Å². The Labute approximate surface area is 129 Å². The Kier molecular flexibility index (Phi) is 5.30. The van der Waals surface area contributed by atoms with Crippen LogP contribution in [-0.2, 0) is 25.8 Å². The minimum Gasteiger partial charge on any atom is -0.394 e. The van der Waals surface area contributed by atoms with E-state index in [9.17, 15) is 24.5 Å². The molecule has 0 bridgehead atoms. The lowest BCUT2D eigenvalue weighted by molar-refractivity contribution is -0.0625. The lowest BCUT2D eigenvalue weighted by Crippen LogP contribution is -2.39. The number of methoxy groups -OCH3 is 1. The molecule has 0 amide bonds. The van der Waals surface area contributed by atoms with Crippen LogP contribution >= 0.6 is 6.72 Å². The summed E-state index contributed by atoms with van der Waals surface area (Å²) < 4.78 is 16.7. The van der Waals surface area contributed by atoms with Gasteiger partial charge in [0.05, 0.1) is 6.61 Å². The van der Waals surface area contributed by atoms with Gasteiger partial charge < -0.3 is 24.4 Å². The number of aromatic amines is 1. The van der Waals surface area contributed by atoms with Gasteiger partial charge in [-0.1, -0.05) is 0 Å². The molecule has 10 nitrogen and oxygen atoms in total. The number of nitrogens with one attached hydrogen (secondary N) is 1. The molecule has 2 rings (SSSR count). The molecule has 124 valence electrons. The Bertz CT molecular complexity index is 684. The van der Waals surface area contributed by atoms with E-state index >= 15 is 0 Å². The predicted octanol–water partition coefficient (Wildman–Crippen LogP) is -1.96. The predicted molar refractivity (Wildman–Crippen MR) is 76.7 cm³/mol. The summed E-state index contributed by atoms with van der Waals surface area (Å²) in [4.78, 5) is 43.6. The summed E-state index contributed by atoms with van der Waals surface area (Å²) in [7, 11) is 1.30. The molecule has 1 aliphatic rings. The van der Waals surface area contributed by atoms with E-state index < -0.39 is 49.1 Å². The minimum atomic E-state index is -4.04. The molecule has 1 aromatic heterocycles. The fourth-order valence-electron chi connectivity index (χ4n) is 2.24. The zero-order chi connectivity index (χ0) is 16.5. The molecule has 22 heavy (non-hydrogen) atoms. The van der Waals surface area contributed by atoms with E-state index in [0.29, 0.717) is 0 Å².